The second-order valence-electron chi connectivity index (χ2n) is 8.83. The zero-order chi connectivity index (χ0) is 25.3. The van der Waals surface area contributed by atoms with Crippen molar-refractivity contribution in [3.8, 4) is 5.75 Å². The Morgan fingerprint density at radius 1 is 0.829 bits per heavy atom. The number of rotatable bonds is 17. The van der Waals surface area contributed by atoms with Crippen LogP contribution in [0.4, 0.5) is 5.69 Å². The van der Waals surface area contributed by atoms with Gasteiger partial charge in [-0.1, -0.05) is 83.2 Å². The van der Waals surface area contributed by atoms with Crippen molar-refractivity contribution < 1.29 is 14.3 Å². The Hall–Kier alpha value is -2.47. The average molecular weight is 499 g/mol. The standard InChI is InChI=1S/C29H42N2O3S/c1-4-6-8-9-10-11-12-13-22-34-27-19-17-24(18-20-27)28(32)30-26-16-14-15-25(23-26)29(33)31(35-3)21-7-5-2/h14-20,23H,4-13,21-22H2,1-3H3,(H,30,32). The zero-order valence-corrected chi connectivity index (χ0v) is 22.5. The Morgan fingerprint density at radius 2 is 1.49 bits per heavy atom. The first-order valence-corrected chi connectivity index (χ1v) is 14.3. The fourth-order valence-corrected chi connectivity index (χ4v) is 4.37. The van der Waals surface area contributed by atoms with Gasteiger partial charge >= 0.3 is 0 Å². The summed E-state index contributed by atoms with van der Waals surface area (Å²) in [5.41, 5.74) is 1.72. The lowest BCUT2D eigenvalue weighted by atomic mass is 10.1. The van der Waals surface area contributed by atoms with Crippen LogP contribution in [-0.2, 0) is 0 Å². The summed E-state index contributed by atoms with van der Waals surface area (Å²) in [6, 6.07) is 14.3. The maximum absolute atomic E-state index is 12.8. The molecule has 6 heteroatoms. The maximum Gasteiger partial charge on any atom is 0.263 e. The molecule has 2 rings (SSSR count). The van der Waals surface area contributed by atoms with E-state index in [-0.39, 0.29) is 11.8 Å². The quantitative estimate of drug-likeness (QED) is 0.177. The van der Waals surface area contributed by atoms with Gasteiger partial charge in [0.15, 0.2) is 0 Å². The Labute approximate surface area is 216 Å². The van der Waals surface area contributed by atoms with E-state index < -0.39 is 0 Å². The third-order valence-electron chi connectivity index (χ3n) is 5.91. The van der Waals surface area contributed by atoms with Gasteiger partial charge < -0.3 is 10.1 Å². The molecule has 0 spiro atoms. The molecular formula is C29H42N2O3S. The molecule has 0 unspecified atom stereocenters. The normalized spacial score (nSPS) is 10.7. The van der Waals surface area contributed by atoms with Gasteiger partial charge in [-0.15, -0.1) is 0 Å². The molecule has 0 bridgehead atoms. The van der Waals surface area contributed by atoms with E-state index in [9.17, 15) is 9.59 Å². The minimum atomic E-state index is -0.211. The third kappa shape index (κ3) is 10.8. The summed E-state index contributed by atoms with van der Waals surface area (Å²) in [4.78, 5) is 25.5. The summed E-state index contributed by atoms with van der Waals surface area (Å²) in [7, 11) is 0. The molecule has 0 saturated heterocycles. The first-order chi connectivity index (χ1) is 17.1. The molecule has 1 N–H and O–H groups in total. The van der Waals surface area contributed by atoms with E-state index in [0.29, 0.717) is 30.0 Å². The summed E-state index contributed by atoms with van der Waals surface area (Å²) in [5.74, 6) is 0.526. The first kappa shape index (κ1) is 28.8. The highest BCUT2D eigenvalue weighted by molar-refractivity contribution is 7.96. The second-order valence-corrected chi connectivity index (χ2v) is 9.63. The summed E-state index contributed by atoms with van der Waals surface area (Å²) >= 11 is 1.43. The van der Waals surface area contributed by atoms with Crippen LogP contribution in [0, 0.1) is 0 Å². The van der Waals surface area contributed by atoms with Gasteiger partial charge in [0, 0.05) is 29.6 Å². The largest absolute Gasteiger partial charge is 0.494 e. The fourth-order valence-electron chi connectivity index (χ4n) is 3.78. The monoisotopic (exact) mass is 498 g/mol. The molecule has 2 aromatic carbocycles. The number of carbonyl (C=O) groups is 2. The first-order valence-electron chi connectivity index (χ1n) is 13.1. The SMILES string of the molecule is CCCCCCCCCCOc1ccc(C(=O)Nc2cccc(C(=O)N(CCCC)SC)c2)cc1. The van der Waals surface area contributed by atoms with Crippen LogP contribution in [0.1, 0.15) is 98.8 Å². The van der Waals surface area contributed by atoms with Crippen LogP contribution in [0.25, 0.3) is 0 Å². The molecule has 0 radical (unpaired) electrons. The molecule has 0 fully saturated rings. The van der Waals surface area contributed by atoms with E-state index in [1.165, 1.54) is 56.9 Å². The lowest BCUT2D eigenvalue weighted by Crippen LogP contribution is -2.25. The molecule has 0 aliphatic carbocycles. The van der Waals surface area contributed by atoms with Gasteiger partial charge in [-0.2, -0.15) is 0 Å². The number of ether oxygens (including phenoxy) is 1. The molecule has 192 valence electrons. The van der Waals surface area contributed by atoms with Crippen molar-refractivity contribution in [2.45, 2.75) is 78.1 Å². The van der Waals surface area contributed by atoms with E-state index in [0.717, 1.165) is 25.0 Å². The fraction of sp³-hybridized carbons (Fsp3) is 0.517. The molecule has 5 nitrogen and oxygen atoms in total. The average Bonchev–Trinajstić information content (AvgIpc) is 2.88. The van der Waals surface area contributed by atoms with Gasteiger partial charge in [0.1, 0.15) is 5.75 Å². The van der Waals surface area contributed by atoms with Crippen molar-refractivity contribution >= 4 is 29.4 Å². The number of hydrogen-bond acceptors (Lipinski definition) is 4. The number of benzene rings is 2. The van der Waals surface area contributed by atoms with Crippen LogP contribution in [0.15, 0.2) is 48.5 Å². The van der Waals surface area contributed by atoms with Crippen molar-refractivity contribution in [3.63, 3.8) is 0 Å². The summed E-state index contributed by atoms with van der Waals surface area (Å²) in [5, 5.41) is 2.90. The van der Waals surface area contributed by atoms with Gasteiger partial charge in [0.05, 0.1) is 6.61 Å². The number of anilines is 1. The molecule has 0 aliphatic heterocycles. The summed E-state index contributed by atoms with van der Waals surface area (Å²) in [6.07, 6.45) is 14.1. The molecular weight excluding hydrogens is 456 g/mol. The van der Waals surface area contributed by atoms with Crippen molar-refractivity contribution in [2.24, 2.45) is 0 Å². The minimum absolute atomic E-state index is 0.0416. The predicted molar refractivity (Wildman–Crippen MR) is 148 cm³/mol. The van der Waals surface area contributed by atoms with Gasteiger partial charge in [-0.25, -0.2) is 0 Å². The molecule has 0 atom stereocenters. The number of nitrogens with zero attached hydrogens (tertiary/aromatic N) is 1. The van der Waals surface area contributed by atoms with Crippen LogP contribution in [0.5, 0.6) is 5.75 Å². The van der Waals surface area contributed by atoms with Gasteiger partial charge in [0.25, 0.3) is 11.8 Å². The van der Waals surface area contributed by atoms with E-state index in [1.54, 1.807) is 40.7 Å². The van der Waals surface area contributed by atoms with Crippen molar-refractivity contribution in [1.29, 1.82) is 0 Å². The van der Waals surface area contributed by atoms with Crippen LogP contribution in [-0.4, -0.2) is 35.5 Å². The molecule has 2 amide bonds. The topological polar surface area (TPSA) is 58.6 Å². The Kier molecular flexibility index (Phi) is 14.0. The number of hydrogen-bond donors (Lipinski definition) is 1. The number of unbranched alkanes of at least 4 members (excludes halogenated alkanes) is 8. The smallest absolute Gasteiger partial charge is 0.263 e. The molecule has 2 aromatic rings. The second kappa shape index (κ2) is 17.0. The van der Waals surface area contributed by atoms with Gasteiger partial charge in [-0.3, -0.25) is 13.9 Å². The highest BCUT2D eigenvalue weighted by Crippen LogP contribution is 2.19. The van der Waals surface area contributed by atoms with E-state index in [1.807, 2.05) is 18.4 Å². The molecule has 0 saturated carbocycles. The molecule has 0 heterocycles. The van der Waals surface area contributed by atoms with Crippen molar-refractivity contribution in [3.05, 3.63) is 59.7 Å². The van der Waals surface area contributed by atoms with Crippen LogP contribution < -0.4 is 10.1 Å². The predicted octanol–water partition coefficient (Wildman–Crippen LogP) is 7.98. The van der Waals surface area contributed by atoms with Gasteiger partial charge in [0.2, 0.25) is 0 Å². The number of nitrogens with one attached hydrogen (secondary N) is 1. The van der Waals surface area contributed by atoms with Gasteiger partial charge in [-0.05, 0) is 55.3 Å². The van der Waals surface area contributed by atoms with E-state index in [4.69, 9.17) is 4.74 Å². The van der Waals surface area contributed by atoms with Crippen LogP contribution in [0.3, 0.4) is 0 Å². The molecule has 0 aliphatic rings. The maximum atomic E-state index is 12.8. The van der Waals surface area contributed by atoms with E-state index in [2.05, 4.69) is 19.2 Å². The highest BCUT2D eigenvalue weighted by Gasteiger charge is 2.15. The molecule has 35 heavy (non-hydrogen) atoms. The number of carbonyl (C=O) groups excluding carboxylic acids is 2. The van der Waals surface area contributed by atoms with E-state index >= 15 is 0 Å². The Balaban J connectivity index is 1.79. The minimum Gasteiger partial charge on any atom is -0.494 e. The zero-order valence-electron chi connectivity index (χ0n) is 21.7. The highest BCUT2D eigenvalue weighted by atomic mass is 32.2. The lowest BCUT2D eigenvalue weighted by molar-refractivity contribution is 0.0870. The third-order valence-corrected chi connectivity index (χ3v) is 6.70. The molecule has 0 aromatic heterocycles. The van der Waals surface area contributed by atoms with Crippen molar-refractivity contribution in [1.82, 2.24) is 4.31 Å². The lowest BCUT2D eigenvalue weighted by Gasteiger charge is -2.19. The Bertz CT molecular complexity index is 886. The van der Waals surface area contributed by atoms with Crippen LogP contribution >= 0.6 is 11.9 Å². The van der Waals surface area contributed by atoms with Crippen molar-refractivity contribution in [2.75, 3.05) is 24.7 Å². The Morgan fingerprint density at radius 3 is 2.14 bits per heavy atom. The summed E-state index contributed by atoms with van der Waals surface area (Å²) in [6.45, 7) is 5.76. The number of amides is 2. The summed E-state index contributed by atoms with van der Waals surface area (Å²) < 4.78 is 7.59. The van der Waals surface area contributed by atoms with Crippen LogP contribution in [0.2, 0.25) is 0 Å².